The number of thioether (sulfide) groups is 1. The first-order valence-electron chi connectivity index (χ1n) is 7.96. The molecule has 154 valence electrons. The number of benzene rings is 1. The molecule has 2 atom stereocenters. The molecular weight excluding hydrogens is 403 g/mol. The fraction of sp³-hybridized carbons (Fsp3) is 0.412. The lowest BCUT2D eigenvalue weighted by molar-refractivity contribution is -0.138. The van der Waals surface area contributed by atoms with Crippen molar-refractivity contribution in [2.24, 2.45) is 5.92 Å². The van der Waals surface area contributed by atoms with Gasteiger partial charge in [-0.2, -0.15) is 13.2 Å². The maximum Gasteiger partial charge on any atom is 0.416 e. The molecule has 1 heterocycles. The standard InChI is InChI=1S/C15H15F3O5S.C2H3NO/c1-8(14(22)23)24-7-10(6-12(19)20)13(21)9-3-2-4-11(5-9)15(16,17)18;4-2-1-3-2/h2-5,8,10H,6-7H2,1H3,(H,19,20)(H,22,23);1H2,(H,3,4). The van der Waals surface area contributed by atoms with Gasteiger partial charge in [0.2, 0.25) is 5.91 Å². The monoisotopic (exact) mass is 421 g/mol. The van der Waals surface area contributed by atoms with Crippen LogP contribution in [0.2, 0.25) is 0 Å². The number of ketones is 1. The third-order valence-electron chi connectivity index (χ3n) is 3.48. The van der Waals surface area contributed by atoms with Gasteiger partial charge < -0.3 is 15.5 Å². The van der Waals surface area contributed by atoms with E-state index in [2.05, 4.69) is 5.32 Å². The Morgan fingerprint density at radius 2 is 1.82 bits per heavy atom. The number of carbonyl (C=O) groups excluding carboxylic acids is 2. The Kier molecular flexibility index (Phi) is 8.48. The number of carboxylic acids is 2. The Labute approximate surface area is 162 Å². The van der Waals surface area contributed by atoms with Crippen LogP contribution in [0.4, 0.5) is 13.2 Å². The molecule has 0 aliphatic carbocycles. The van der Waals surface area contributed by atoms with Crippen LogP contribution in [0.5, 0.6) is 0 Å². The fourth-order valence-corrected chi connectivity index (χ4v) is 2.82. The van der Waals surface area contributed by atoms with Crippen molar-refractivity contribution < 1.29 is 42.6 Å². The highest BCUT2D eigenvalue weighted by Crippen LogP contribution is 2.30. The predicted molar refractivity (Wildman–Crippen MR) is 94.1 cm³/mol. The molecule has 3 N–H and O–H groups in total. The Bertz CT molecular complexity index is 747. The molecule has 0 spiro atoms. The molecule has 1 saturated heterocycles. The minimum absolute atomic E-state index is 0.116. The van der Waals surface area contributed by atoms with Crippen LogP contribution in [-0.2, 0) is 20.6 Å². The topological polar surface area (TPSA) is 131 Å². The van der Waals surface area contributed by atoms with Gasteiger partial charge >= 0.3 is 18.1 Å². The summed E-state index contributed by atoms with van der Waals surface area (Å²) >= 11 is 0.861. The summed E-state index contributed by atoms with van der Waals surface area (Å²) in [4.78, 5) is 43.5. The molecule has 1 fully saturated rings. The van der Waals surface area contributed by atoms with Crippen molar-refractivity contribution in [1.82, 2.24) is 5.32 Å². The van der Waals surface area contributed by atoms with E-state index >= 15 is 0 Å². The molecule has 2 rings (SSSR count). The number of aliphatic carboxylic acids is 2. The summed E-state index contributed by atoms with van der Waals surface area (Å²) < 4.78 is 38.1. The van der Waals surface area contributed by atoms with Gasteiger partial charge in [0.25, 0.3) is 0 Å². The van der Waals surface area contributed by atoms with Crippen LogP contribution in [0.3, 0.4) is 0 Å². The largest absolute Gasteiger partial charge is 0.481 e. The molecular formula is C17H18F3NO6S. The summed E-state index contributed by atoms with van der Waals surface area (Å²) in [6, 6.07) is 3.73. The van der Waals surface area contributed by atoms with E-state index in [0.29, 0.717) is 12.6 Å². The van der Waals surface area contributed by atoms with Crippen LogP contribution in [0, 0.1) is 5.92 Å². The Morgan fingerprint density at radius 3 is 2.25 bits per heavy atom. The Hall–Kier alpha value is -2.56. The van der Waals surface area contributed by atoms with Gasteiger partial charge in [-0.1, -0.05) is 12.1 Å². The molecule has 0 bridgehead atoms. The number of carbonyl (C=O) groups is 4. The number of Topliss-reactive ketones (excluding diaryl/α,β-unsaturated/α-hetero) is 1. The molecule has 2 unspecified atom stereocenters. The molecule has 0 radical (unpaired) electrons. The number of rotatable bonds is 8. The van der Waals surface area contributed by atoms with E-state index in [-0.39, 0.29) is 17.2 Å². The van der Waals surface area contributed by atoms with Crippen LogP contribution in [0.25, 0.3) is 0 Å². The lowest BCUT2D eigenvalue weighted by atomic mass is 9.95. The van der Waals surface area contributed by atoms with Gasteiger partial charge in [-0.3, -0.25) is 19.2 Å². The first-order valence-corrected chi connectivity index (χ1v) is 9.01. The van der Waals surface area contributed by atoms with Gasteiger partial charge in [0.05, 0.1) is 23.8 Å². The van der Waals surface area contributed by atoms with Crippen LogP contribution in [0.1, 0.15) is 29.3 Å². The van der Waals surface area contributed by atoms with Crippen LogP contribution in [0.15, 0.2) is 24.3 Å². The molecule has 0 saturated carbocycles. The average molecular weight is 421 g/mol. The van der Waals surface area contributed by atoms with E-state index in [9.17, 15) is 32.3 Å². The summed E-state index contributed by atoms with van der Waals surface area (Å²) in [6.45, 7) is 1.97. The van der Waals surface area contributed by atoms with Gasteiger partial charge in [0.15, 0.2) is 5.78 Å². The van der Waals surface area contributed by atoms with E-state index in [0.717, 1.165) is 23.9 Å². The Balaban J connectivity index is 0.000000863. The lowest BCUT2D eigenvalue weighted by Gasteiger charge is -2.16. The lowest BCUT2D eigenvalue weighted by Crippen LogP contribution is -2.23. The van der Waals surface area contributed by atoms with Crippen molar-refractivity contribution in [2.45, 2.75) is 24.8 Å². The molecule has 1 aliphatic rings. The quantitative estimate of drug-likeness (QED) is 0.434. The maximum absolute atomic E-state index is 12.7. The van der Waals surface area contributed by atoms with Crippen LogP contribution < -0.4 is 5.32 Å². The highest BCUT2D eigenvalue weighted by atomic mass is 32.2. The van der Waals surface area contributed by atoms with E-state index < -0.39 is 47.1 Å². The van der Waals surface area contributed by atoms with Crippen molar-refractivity contribution in [2.75, 3.05) is 12.3 Å². The second-order valence-electron chi connectivity index (χ2n) is 5.83. The number of carboxylic acid groups (broad SMARTS) is 2. The fourth-order valence-electron chi connectivity index (χ4n) is 1.89. The molecule has 11 heteroatoms. The van der Waals surface area contributed by atoms with Crippen molar-refractivity contribution in [3.8, 4) is 0 Å². The van der Waals surface area contributed by atoms with Gasteiger partial charge in [-0.05, 0) is 19.1 Å². The zero-order valence-corrected chi connectivity index (χ0v) is 15.5. The number of halogens is 3. The normalized spacial score (nSPS) is 14.8. The molecule has 1 aromatic carbocycles. The van der Waals surface area contributed by atoms with E-state index in [4.69, 9.17) is 10.2 Å². The van der Waals surface area contributed by atoms with Crippen molar-refractivity contribution in [3.05, 3.63) is 35.4 Å². The number of amides is 1. The highest BCUT2D eigenvalue weighted by Gasteiger charge is 2.32. The average Bonchev–Trinajstić information content (AvgIpc) is 3.39. The molecule has 28 heavy (non-hydrogen) atoms. The van der Waals surface area contributed by atoms with Crippen molar-refractivity contribution >= 4 is 35.4 Å². The Morgan fingerprint density at radius 1 is 1.25 bits per heavy atom. The van der Waals surface area contributed by atoms with E-state index in [1.54, 1.807) is 0 Å². The predicted octanol–water partition coefficient (Wildman–Crippen LogP) is 2.30. The van der Waals surface area contributed by atoms with Gasteiger partial charge in [-0.15, -0.1) is 11.8 Å². The molecule has 1 aromatic rings. The third kappa shape index (κ3) is 8.42. The number of hydrogen-bond donors (Lipinski definition) is 3. The van der Waals surface area contributed by atoms with Gasteiger partial charge in [-0.25, -0.2) is 0 Å². The first-order chi connectivity index (χ1) is 12.9. The number of hydrogen-bond acceptors (Lipinski definition) is 5. The molecule has 1 aliphatic heterocycles. The second kappa shape index (κ2) is 10.1. The zero-order valence-electron chi connectivity index (χ0n) is 14.7. The third-order valence-corrected chi connectivity index (χ3v) is 4.78. The smallest absolute Gasteiger partial charge is 0.416 e. The summed E-state index contributed by atoms with van der Waals surface area (Å²) in [5.74, 6) is -4.23. The minimum atomic E-state index is -4.62. The minimum Gasteiger partial charge on any atom is -0.481 e. The summed E-state index contributed by atoms with van der Waals surface area (Å²) in [5, 5.41) is 19.3. The van der Waals surface area contributed by atoms with Gasteiger partial charge in [0, 0.05) is 17.2 Å². The number of alkyl halides is 3. The SMILES string of the molecule is CC(SCC(CC(=O)O)C(=O)c1cccc(C(F)(F)F)c1)C(=O)O.O=C1CN1. The van der Waals surface area contributed by atoms with Crippen LogP contribution >= 0.6 is 11.8 Å². The van der Waals surface area contributed by atoms with Crippen molar-refractivity contribution in [3.63, 3.8) is 0 Å². The summed E-state index contributed by atoms with van der Waals surface area (Å²) in [6.07, 6.45) is -5.21. The van der Waals surface area contributed by atoms with E-state index in [1.807, 2.05) is 0 Å². The number of nitrogens with one attached hydrogen (secondary N) is 1. The summed E-state index contributed by atoms with van der Waals surface area (Å²) in [7, 11) is 0. The first kappa shape index (κ1) is 23.5. The summed E-state index contributed by atoms with van der Waals surface area (Å²) in [5.41, 5.74) is -1.26. The highest BCUT2D eigenvalue weighted by molar-refractivity contribution is 8.00. The zero-order chi connectivity index (χ0) is 21.5. The van der Waals surface area contributed by atoms with Crippen molar-refractivity contribution in [1.29, 1.82) is 0 Å². The van der Waals surface area contributed by atoms with Gasteiger partial charge in [0.1, 0.15) is 0 Å². The second-order valence-corrected chi connectivity index (χ2v) is 7.20. The van der Waals surface area contributed by atoms with E-state index in [1.165, 1.54) is 13.0 Å². The molecule has 7 nitrogen and oxygen atoms in total. The molecule has 1 amide bonds. The van der Waals surface area contributed by atoms with Crippen LogP contribution in [-0.4, -0.2) is 51.4 Å². The maximum atomic E-state index is 12.7. The molecule has 0 aromatic heterocycles.